The highest BCUT2D eigenvalue weighted by atomic mass is 16.6. The average Bonchev–Trinajstić information content (AvgIpc) is 3.20. The summed E-state index contributed by atoms with van der Waals surface area (Å²) in [5.74, 6) is -1.43. The molecule has 164 valence electrons. The van der Waals surface area contributed by atoms with Gasteiger partial charge in [-0.1, -0.05) is 44.2 Å². The Morgan fingerprint density at radius 1 is 1.20 bits per heavy atom. The maximum absolute atomic E-state index is 12.8. The molecule has 1 heterocycles. The number of rotatable bonds is 9. The van der Waals surface area contributed by atoms with E-state index in [1.54, 1.807) is 0 Å². The number of nitrogens with zero attached hydrogens (tertiary/aromatic N) is 1. The molecule has 0 aliphatic carbocycles. The van der Waals surface area contributed by atoms with Gasteiger partial charge in [0, 0.05) is 6.54 Å². The molecular formula is C21H30N4O5. The fourth-order valence-corrected chi connectivity index (χ4v) is 3.33. The Balaban J connectivity index is 1.96. The topological polar surface area (TPSA) is 131 Å². The van der Waals surface area contributed by atoms with Crippen molar-refractivity contribution in [1.82, 2.24) is 15.5 Å². The van der Waals surface area contributed by atoms with Crippen molar-refractivity contribution in [1.29, 1.82) is 0 Å². The molecule has 0 saturated carbocycles. The molecule has 0 radical (unpaired) electrons. The van der Waals surface area contributed by atoms with Gasteiger partial charge in [0.2, 0.25) is 17.7 Å². The molecule has 1 saturated heterocycles. The van der Waals surface area contributed by atoms with Crippen molar-refractivity contribution in [3.8, 4) is 0 Å². The Kier molecular flexibility index (Phi) is 8.64. The zero-order valence-electron chi connectivity index (χ0n) is 17.4. The van der Waals surface area contributed by atoms with E-state index in [0.29, 0.717) is 25.8 Å². The molecule has 0 unspecified atom stereocenters. The van der Waals surface area contributed by atoms with Gasteiger partial charge in [-0.3, -0.25) is 19.3 Å². The fourth-order valence-electron chi connectivity index (χ4n) is 3.33. The van der Waals surface area contributed by atoms with E-state index >= 15 is 0 Å². The van der Waals surface area contributed by atoms with Crippen LogP contribution in [0, 0.1) is 5.92 Å². The molecule has 30 heavy (non-hydrogen) atoms. The summed E-state index contributed by atoms with van der Waals surface area (Å²) in [4.78, 5) is 50.0. The number of benzene rings is 1. The van der Waals surface area contributed by atoms with Crippen LogP contribution in [0.5, 0.6) is 0 Å². The van der Waals surface area contributed by atoms with Gasteiger partial charge < -0.3 is 21.1 Å². The van der Waals surface area contributed by atoms with Crippen molar-refractivity contribution in [3.05, 3.63) is 35.9 Å². The van der Waals surface area contributed by atoms with Gasteiger partial charge in [-0.15, -0.1) is 0 Å². The van der Waals surface area contributed by atoms with E-state index in [2.05, 4.69) is 10.6 Å². The maximum atomic E-state index is 12.8. The molecule has 1 aliphatic heterocycles. The Bertz CT molecular complexity index is 753. The molecule has 1 fully saturated rings. The smallest absolute Gasteiger partial charge is 0.410 e. The standard InChI is InChI=1S/C21H30N4O5/c1-14(2)11-16(19(27)23-12-18(22)26)24-20(28)17-9-6-10-25(17)21(29)30-13-15-7-4-3-5-8-15/h3-5,7-8,14,16-17H,6,9-13H2,1-2H3,(H2,22,26)(H,23,27)(H,24,28)/t16-,17+/m1/s1. The molecule has 4 N–H and O–H groups in total. The first-order chi connectivity index (χ1) is 14.3. The third-order valence-corrected chi connectivity index (χ3v) is 4.77. The molecule has 4 amide bonds. The number of carbonyl (C=O) groups is 4. The van der Waals surface area contributed by atoms with Crippen LogP contribution in [0.1, 0.15) is 38.7 Å². The van der Waals surface area contributed by atoms with E-state index in [1.807, 2.05) is 44.2 Å². The van der Waals surface area contributed by atoms with E-state index in [-0.39, 0.29) is 19.1 Å². The first-order valence-electron chi connectivity index (χ1n) is 10.1. The van der Waals surface area contributed by atoms with Crippen molar-refractivity contribution >= 4 is 23.8 Å². The van der Waals surface area contributed by atoms with E-state index < -0.39 is 35.9 Å². The number of primary amides is 1. The van der Waals surface area contributed by atoms with Gasteiger partial charge >= 0.3 is 6.09 Å². The second-order valence-electron chi connectivity index (χ2n) is 7.77. The normalized spacial score (nSPS) is 16.8. The van der Waals surface area contributed by atoms with Crippen LogP contribution < -0.4 is 16.4 Å². The highest BCUT2D eigenvalue weighted by Gasteiger charge is 2.36. The van der Waals surface area contributed by atoms with Crippen LogP contribution in [0.15, 0.2) is 30.3 Å². The molecule has 1 aromatic carbocycles. The molecule has 0 spiro atoms. The first kappa shape index (κ1) is 23.2. The summed E-state index contributed by atoms with van der Waals surface area (Å²) in [6.45, 7) is 4.07. The summed E-state index contributed by atoms with van der Waals surface area (Å²) in [5.41, 5.74) is 5.92. The molecule has 1 aliphatic rings. The monoisotopic (exact) mass is 418 g/mol. The highest BCUT2D eigenvalue weighted by molar-refractivity contribution is 5.92. The third kappa shape index (κ3) is 7.06. The minimum atomic E-state index is -0.820. The lowest BCUT2D eigenvalue weighted by Crippen LogP contribution is -2.54. The Labute approximate surface area is 176 Å². The van der Waals surface area contributed by atoms with Crippen LogP contribution >= 0.6 is 0 Å². The summed E-state index contributed by atoms with van der Waals surface area (Å²) in [5, 5.41) is 5.14. The van der Waals surface area contributed by atoms with Gasteiger partial charge in [0.25, 0.3) is 0 Å². The van der Waals surface area contributed by atoms with Crippen molar-refractivity contribution in [3.63, 3.8) is 0 Å². The predicted octanol–water partition coefficient (Wildman–Crippen LogP) is 0.920. The fraction of sp³-hybridized carbons (Fsp3) is 0.524. The lowest BCUT2D eigenvalue weighted by Gasteiger charge is -2.26. The molecule has 1 aromatic rings. The third-order valence-electron chi connectivity index (χ3n) is 4.77. The van der Waals surface area contributed by atoms with Crippen LogP contribution in [-0.2, 0) is 25.7 Å². The van der Waals surface area contributed by atoms with E-state index in [0.717, 1.165) is 5.56 Å². The van der Waals surface area contributed by atoms with Gasteiger partial charge in [-0.25, -0.2) is 4.79 Å². The number of nitrogens with one attached hydrogen (secondary N) is 2. The van der Waals surface area contributed by atoms with Crippen molar-refractivity contribution in [2.45, 2.75) is 51.8 Å². The minimum absolute atomic E-state index is 0.121. The van der Waals surface area contributed by atoms with Gasteiger partial charge in [0.1, 0.15) is 18.7 Å². The number of nitrogens with two attached hydrogens (primary N) is 1. The summed E-state index contributed by atoms with van der Waals surface area (Å²) >= 11 is 0. The summed E-state index contributed by atoms with van der Waals surface area (Å²) in [7, 11) is 0. The summed E-state index contributed by atoms with van der Waals surface area (Å²) in [6, 6.07) is 7.76. The summed E-state index contributed by atoms with van der Waals surface area (Å²) < 4.78 is 5.35. The lowest BCUT2D eigenvalue weighted by atomic mass is 10.0. The van der Waals surface area contributed by atoms with Gasteiger partial charge in [0.05, 0.1) is 6.54 Å². The second kappa shape index (κ2) is 11.2. The Morgan fingerprint density at radius 2 is 1.90 bits per heavy atom. The van der Waals surface area contributed by atoms with Crippen molar-refractivity contribution in [2.24, 2.45) is 11.7 Å². The van der Waals surface area contributed by atoms with Crippen LogP contribution in [0.25, 0.3) is 0 Å². The number of amides is 4. The van der Waals surface area contributed by atoms with Gasteiger partial charge in [-0.2, -0.15) is 0 Å². The number of ether oxygens (including phenoxy) is 1. The second-order valence-corrected chi connectivity index (χ2v) is 7.77. The molecule has 2 atom stereocenters. The lowest BCUT2D eigenvalue weighted by molar-refractivity contribution is -0.132. The van der Waals surface area contributed by atoms with Crippen molar-refractivity contribution in [2.75, 3.05) is 13.1 Å². The van der Waals surface area contributed by atoms with Crippen LogP contribution in [0.3, 0.4) is 0 Å². The average molecular weight is 418 g/mol. The molecule has 0 bridgehead atoms. The maximum Gasteiger partial charge on any atom is 0.410 e. The predicted molar refractivity (Wildman–Crippen MR) is 110 cm³/mol. The number of carbonyl (C=O) groups excluding carboxylic acids is 4. The number of hydrogen-bond donors (Lipinski definition) is 3. The minimum Gasteiger partial charge on any atom is -0.445 e. The van der Waals surface area contributed by atoms with Crippen LogP contribution in [0.2, 0.25) is 0 Å². The van der Waals surface area contributed by atoms with Crippen molar-refractivity contribution < 1.29 is 23.9 Å². The first-order valence-corrected chi connectivity index (χ1v) is 10.1. The quantitative estimate of drug-likeness (QED) is 0.549. The van der Waals surface area contributed by atoms with E-state index in [9.17, 15) is 19.2 Å². The molecular weight excluding hydrogens is 388 g/mol. The van der Waals surface area contributed by atoms with E-state index in [4.69, 9.17) is 10.5 Å². The highest BCUT2D eigenvalue weighted by Crippen LogP contribution is 2.20. The molecule has 9 heteroatoms. The molecule has 9 nitrogen and oxygen atoms in total. The van der Waals surface area contributed by atoms with Gasteiger partial charge in [-0.05, 0) is 30.7 Å². The van der Waals surface area contributed by atoms with Crippen LogP contribution in [0.4, 0.5) is 4.79 Å². The van der Waals surface area contributed by atoms with E-state index in [1.165, 1.54) is 4.90 Å². The SMILES string of the molecule is CC(C)C[C@@H](NC(=O)[C@@H]1CCCN1C(=O)OCc1ccccc1)C(=O)NCC(N)=O. The molecule has 2 rings (SSSR count). The number of likely N-dealkylation sites (tertiary alicyclic amines) is 1. The zero-order valence-corrected chi connectivity index (χ0v) is 17.4. The largest absolute Gasteiger partial charge is 0.445 e. The summed E-state index contributed by atoms with van der Waals surface area (Å²) in [6.07, 6.45) is 0.988. The zero-order chi connectivity index (χ0) is 22.1. The van der Waals surface area contributed by atoms with Gasteiger partial charge in [0.15, 0.2) is 0 Å². The Hall–Kier alpha value is -3.10. The Morgan fingerprint density at radius 3 is 2.53 bits per heavy atom. The number of hydrogen-bond acceptors (Lipinski definition) is 5. The van der Waals surface area contributed by atoms with Crippen LogP contribution in [-0.4, -0.2) is 53.9 Å². The molecule has 0 aromatic heterocycles.